The molecule has 1 aromatic rings. The van der Waals surface area contributed by atoms with Crippen molar-refractivity contribution in [2.75, 3.05) is 18.4 Å². The first-order valence-corrected chi connectivity index (χ1v) is 6.72. The van der Waals surface area contributed by atoms with Gasteiger partial charge in [0.05, 0.1) is 0 Å². The Morgan fingerprint density at radius 2 is 1.83 bits per heavy atom. The Labute approximate surface area is 110 Å². The molecule has 18 heavy (non-hydrogen) atoms. The quantitative estimate of drug-likeness (QED) is 0.728. The van der Waals surface area contributed by atoms with E-state index in [1.54, 1.807) is 0 Å². The van der Waals surface area contributed by atoms with E-state index in [0.29, 0.717) is 13.0 Å². The van der Waals surface area contributed by atoms with E-state index in [0.717, 1.165) is 25.1 Å². The predicted molar refractivity (Wildman–Crippen MR) is 76.9 cm³/mol. The van der Waals surface area contributed by atoms with Crippen LogP contribution in [0, 0.1) is 13.8 Å². The number of unbranched alkanes of at least 4 members (excludes halogenated alkanes) is 1. The molecule has 0 spiro atoms. The lowest BCUT2D eigenvalue weighted by Crippen LogP contribution is -2.26. The zero-order valence-electron chi connectivity index (χ0n) is 11.7. The molecule has 0 saturated heterocycles. The Kier molecular flexibility index (Phi) is 6.26. The largest absolute Gasteiger partial charge is 0.384 e. The number of hydrogen-bond donors (Lipinski definition) is 2. The average molecular weight is 248 g/mol. The Morgan fingerprint density at radius 1 is 1.17 bits per heavy atom. The van der Waals surface area contributed by atoms with Crippen LogP contribution in [0.3, 0.4) is 0 Å². The van der Waals surface area contributed by atoms with Crippen LogP contribution in [-0.4, -0.2) is 19.0 Å². The van der Waals surface area contributed by atoms with Crippen LogP contribution >= 0.6 is 0 Å². The highest BCUT2D eigenvalue weighted by Crippen LogP contribution is 2.18. The standard InChI is InChI=1S/C15H24N2O/c1-4-5-10-16-14(18)9-11-17-15-12(2)7-6-8-13(15)3/h6-8,17H,4-5,9-11H2,1-3H3,(H,16,18). The van der Waals surface area contributed by atoms with Crippen LogP contribution in [-0.2, 0) is 4.79 Å². The minimum atomic E-state index is 0.127. The van der Waals surface area contributed by atoms with E-state index in [9.17, 15) is 4.79 Å². The van der Waals surface area contributed by atoms with Crippen LogP contribution < -0.4 is 10.6 Å². The van der Waals surface area contributed by atoms with Gasteiger partial charge in [-0.15, -0.1) is 0 Å². The molecule has 0 fully saturated rings. The Hall–Kier alpha value is -1.51. The minimum absolute atomic E-state index is 0.127. The molecular weight excluding hydrogens is 224 g/mol. The van der Waals surface area contributed by atoms with Gasteiger partial charge in [-0.2, -0.15) is 0 Å². The molecule has 1 aromatic carbocycles. The first kappa shape index (κ1) is 14.6. The van der Waals surface area contributed by atoms with Crippen molar-refractivity contribution in [1.82, 2.24) is 5.32 Å². The highest BCUT2D eigenvalue weighted by molar-refractivity contribution is 5.76. The van der Waals surface area contributed by atoms with E-state index >= 15 is 0 Å². The van der Waals surface area contributed by atoms with E-state index in [1.165, 1.54) is 11.1 Å². The van der Waals surface area contributed by atoms with Gasteiger partial charge < -0.3 is 10.6 Å². The van der Waals surface area contributed by atoms with Gasteiger partial charge >= 0.3 is 0 Å². The zero-order chi connectivity index (χ0) is 13.4. The number of benzene rings is 1. The summed E-state index contributed by atoms with van der Waals surface area (Å²) in [6, 6.07) is 6.21. The maximum atomic E-state index is 11.5. The van der Waals surface area contributed by atoms with Crippen molar-refractivity contribution in [3.8, 4) is 0 Å². The molecule has 0 unspecified atom stereocenters. The third kappa shape index (κ3) is 4.78. The topological polar surface area (TPSA) is 41.1 Å². The molecule has 0 saturated carbocycles. The number of para-hydroxylation sites is 1. The zero-order valence-corrected chi connectivity index (χ0v) is 11.7. The molecule has 3 heteroatoms. The van der Waals surface area contributed by atoms with Crippen LogP contribution in [0.4, 0.5) is 5.69 Å². The molecule has 0 aromatic heterocycles. The van der Waals surface area contributed by atoms with Crippen molar-refractivity contribution in [1.29, 1.82) is 0 Å². The van der Waals surface area contributed by atoms with Gasteiger partial charge in [-0.05, 0) is 31.4 Å². The van der Waals surface area contributed by atoms with Gasteiger partial charge in [-0.1, -0.05) is 31.5 Å². The SMILES string of the molecule is CCCCNC(=O)CCNc1c(C)cccc1C. The molecule has 2 N–H and O–H groups in total. The monoisotopic (exact) mass is 248 g/mol. The van der Waals surface area contributed by atoms with E-state index in [4.69, 9.17) is 0 Å². The lowest BCUT2D eigenvalue weighted by atomic mass is 10.1. The van der Waals surface area contributed by atoms with Crippen molar-refractivity contribution in [2.45, 2.75) is 40.0 Å². The summed E-state index contributed by atoms with van der Waals surface area (Å²) in [5.74, 6) is 0.127. The van der Waals surface area contributed by atoms with Crippen molar-refractivity contribution >= 4 is 11.6 Å². The normalized spacial score (nSPS) is 10.2. The number of hydrogen-bond acceptors (Lipinski definition) is 2. The molecule has 0 aliphatic rings. The number of anilines is 1. The fourth-order valence-electron chi connectivity index (χ4n) is 1.89. The summed E-state index contributed by atoms with van der Waals surface area (Å²) in [6.07, 6.45) is 2.69. The second-order valence-electron chi connectivity index (χ2n) is 4.65. The second kappa shape index (κ2) is 7.75. The fourth-order valence-corrected chi connectivity index (χ4v) is 1.89. The van der Waals surface area contributed by atoms with E-state index in [-0.39, 0.29) is 5.91 Å². The van der Waals surface area contributed by atoms with Gasteiger partial charge in [0.2, 0.25) is 5.91 Å². The molecule has 0 radical (unpaired) electrons. The summed E-state index contributed by atoms with van der Waals surface area (Å²) in [4.78, 5) is 11.5. The smallest absolute Gasteiger partial charge is 0.221 e. The lowest BCUT2D eigenvalue weighted by Gasteiger charge is -2.12. The number of nitrogens with one attached hydrogen (secondary N) is 2. The Bertz CT molecular complexity index is 368. The summed E-state index contributed by atoms with van der Waals surface area (Å²) in [6.45, 7) is 7.75. The highest BCUT2D eigenvalue weighted by atomic mass is 16.1. The van der Waals surface area contributed by atoms with Crippen molar-refractivity contribution in [3.63, 3.8) is 0 Å². The van der Waals surface area contributed by atoms with Gasteiger partial charge in [0.25, 0.3) is 0 Å². The number of amides is 1. The van der Waals surface area contributed by atoms with Gasteiger partial charge in [0.15, 0.2) is 0 Å². The molecule has 1 amide bonds. The fraction of sp³-hybridized carbons (Fsp3) is 0.533. The first-order chi connectivity index (χ1) is 8.65. The number of carbonyl (C=O) groups is 1. The maximum Gasteiger partial charge on any atom is 0.221 e. The summed E-state index contributed by atoms with van der Waals surface area (Å²) < 4.78 is 0. The van der Waals surface area contributed by atoms with E-state index in [2.05, 4.69) is 43.5 Å². The summed E-state index contributed by atoms with van der Waals surface area (Å²) in [5.41, 5.74) is 3.60. The molecule has 0 atom stereocenters. The molecule has 0 aliphatic carbocycles. The van der Waals surface area contributed by atoms with Gasteiger partial charge in [-0.25, -0.2) is 0 Å². The third-order valence-corrected chi connectivity index (χ3v) is 2.99. The summed E-state index contributed by atoms with van der Waals surface area (Å²) in [5, 5.41) is 6.26. The number of rotatable bonds is 7. The van der Waals surface area contributed by atoms with Crippen molar-refractivity contribution in [3.05, 3.63) is 29.3 Å². The van der Waals surface area contributed by atoms with Gasteiger partial charge in [0.1, 0.15) is 0 Å². The van der Waals surface area contributed by atoms with Gasteiger partial charge in [-0.3, -0.25) is 4.79 Å². The molecule has 100 valence electrons. The summed E-state index contributed by atoms with van der Waals surface area (Å²) >= 11 is 0. The van der Waals surface area contributed by atoms with Crippen LogP contribution in [0.1, 0.15) is 37.3 Å². The third-order valence-electron chi connectivity index (χ3n) is 2.99. The molecule has 0 aliphatic heterocycles. The van der Waals surface area contributed by atoms with E-state index < -0.39 is 0 Å². The number of aryl methyl sites for hydroxylation is 2. The van der Waals surface area contributed by atoms with Crippen LogP contribution in [0.25, 0.3) is 0 Å². The number of carbonyl (C=O) groups excluding carboxylic acids is 1. The molecule has 3 nitrogen and oxygen atoms in total. The lowest BCUT2D eigenvalue weighted by molar-refractivity contribution is -0.120. The highest BCUT2D eigenvalue weighted by Gasteiger charge is 2.03. The summed E-state index contributed by atoms with van der Waals surface area (Å²) in [7, 11) is 0. The van der Waals surface area contributed by atoms with Gasteiger partial charge in [0, 0.05) is 25.2 Å². The minimum Gasteiger partial charge on any atom is -0.384 e. The Balaban J connectivity index is 2.31. The molecular formula is C15H24N2O. The van der Waals surface area contributed by atoms with Crippen LogP contribution in [0.15, 0.2) is 18.2 Å². The molecule has 1 rings (SSSR count). The predicted octanol–water partition coefficient (Wildman–Crippen LogP) is 3.02. The first-order valence-electron chi connectivity index (χ1n) is 6.72. The van der Waals surface area contributed by atoms with Crippen molar-refractivity contribution < 1.29 is 4.79 Å². The molecule has 0 bridgehead atoms. The Morgan fingerprint density at radius 3 is 2.44 bits per heavy atom. The average Bonchev–Trinajstić information content (AvgIpc) is 2.33. The van der Waals surface area contributed by atoms with Crippen molar-refractivity contribution in [2.24, 2.45) is 0 Å². The molecule has 0 heterocycles. The van der Waals surface area contributed by atoms with Crippen LogP contribution in [0.2, 0.25) is 0 Å². The van der Waals surface area contributed by atoms with Crippen LogP contribution in [0.5, 0.6) is 0 Å². The van der Waals surface area contributed by atoms with E-state index in [1.807, 2.05) is 6.07 Å². The maximum absolute atomic E-state index is 11.5. The second-order valence-corrected chi connectivity index (χ2v) is 4.65.